The van der Waals surface area contributed by atoms with E-state index in [1.54, 1.807) is 24.3 Å². The molecule has 1 aliphatic rings. The number of amides is 1. The molecule has 38 heavy (non-hydrogen) atoms. The second kappa shape index (κ2) is 13.4. The van der Waals surface area contributed by atoms with Gasteiger partial charge < -0.3 is 21.3 Å². The van der Waals surface area contributed by atoms with Crippen LogP contribution in [0.4, 0.5) is 0 Å². The molecule has 0 aromatic heterocycles. The van der Waals surface area contributed by atoms with Crippen molar-refractivity contribution in [3.63, 3.8) is 0 Å². The van der Waals surface area contributed by atoms with Gasteiger partial charge in [0.15, 0.2) is 0 Å². The fourth-order valence-electron chi connectivity index (χ4n) is 5.43. The molecule has 1 aliphatic carbocycles. The number of hydrogen-bond donors (Lipinski definition) is 4. The Morgan fingerprint density at radius 1 is 0.816 bits per heavy atom. The summed E-state index contributed by atoms with van der Waals surface area (Å²) in [6.45, 7) is 0.608. The lowest BCUT2D eigenvalue weighted by atomic mass is 9.81. The van der Waals surface area contributed by atoms with Gasteiger partial charge in [-0.25, -0.2) is 0 Å². The number of aliphatic hydroxyl groups excluding tert-OH is 1. The van der Waals surface area contributed by atoms with Crippen LogP contribution in [0, 0.1) is 5.92 Å². The minimum atomic E-state index is -1.04. The number of carbonyl (C=O) groups is 2. The minimum Gasteiger partial charge on any atom is -0.480 e. The summed E-state index contributed by atoms with van der Waals surface area (Å²) in [7, 11) is 0. The summed E-state index contributed by atoms with van der Waals surface area (Å²) >= 11 is 0. The molecule has 6 heteroatoms. The third kappa shape index (κ3) is 7.30. The van der Waals surface area contributed by atoms with Crippen LogP contribution in [0.3, 0.4) is 0 Å². The van der Waals surface area contributed by atoms with E-state index in [1.165, 1.54) is 44.1 Å². The Morgan fingerprint density at radius 2 is 1.37 bits per heavy atom. The Morgan fingerprint density at radius 3 is 1.92 bits per heavy atom. The average Bonchev–Trinajstić information content (AvgIpc) is 3.23. The standard InChI is InChI=1S/C32H38N2O4/c33-30(32(37)38)19-22-7-13-28(14-8-22)31(36)34-20-29(26-5-3-1-2-4-6-26)27-17-15-25(16-18-27)24-11-9-23(21-35)10-12-24/h7-18,26,29-30,35H,1-6,19-21,33H2,(H,34,36)(H,37,38). The number of hydrogen-bond acceptors (Lipinski definition) is 4. The summed E-state index contributed by atoms with van der Waals surface area (Å²) in [5.41, 5.74) is 11.4. The average molecular weight is 515 g/mol. The van der Waals surface area contributed by atoms with Gasteiger partial charge in [-0.3, -0.25) is 9.59 Å². The van der Waals surface area contributed by atoms with E-state index in [4.69, 9.17) is 10.8 Å². The zero-order valence-electron chi connectivity index (χ0n) is 21.8. The molecule has 1 saturated carbocycles. The first-order valence-corrected chi connectivity index (χ1v) is 13.6. The van der Waals surface area contributed by atoms with Crippen molar-refractivity contribution in [2.24, 2.45) is 11.7 Å². The molecule has 2 atom stereocenters. The summed E-state index contributed by atoms with van der Waals surface area (Å²) in [5.74, 6) is -0.412. The van der Waals surface area contributed by atoms with Gasteiger partial charge >= 0.3 is 5.97 Å². The Labute approximate surface area is 224 Å². The van der Waals surface area contributed by atoms with Crippen molar-refractivity contribution in [2.75, 3.05) is 6.54 Å². The minimum absolute atomic E-state index is 0.0387. The monoisotopic (exact) mass is 514 g/mol. The second-order valence-electron chi connectivity index (χ2n) is 10.4. The SMILES string of the molecule is NC(Cc1ccc(C(=O)NCC(c2ccc(-c3ccc(CO)cc3)cc2)C2CCCCCC2)cc1)C(=O)O. The number of aliphatic carboxylic acids is 1. The van der Waals surface area contributed by atoms with Gasteiger partial charge in [-0.1, -0.05) is 86.3 Å². The maximum atomic E-state index is 13.0. The third-order valence-corrected chi connectivity index (χ3v) is 7.75. The molecular weight excluding hydrogens is 476 g/mol. The third-order valence-electron chi connectivity index (χ3n) is 7.75. The number of carboxylic acid groups (broad SMARTS) is 1. The summed E-state index contributed by atoms with van der Waals surface area (Å²) < 4.78 is 0. The molecule has 4 rings (SSSR count). The normalized spacial score (nSPS) is 15.8. The van der Waals surface area contributed by atoms with Crippen LogP contribution in [0.25, 0.3) is 11.1 Å². The molecule has 2 unspecified atom stereocenters. The van der Waals surface area contributed by atoms with Crippen molar-refractivity contribution >= 4 is 11.9 Å². The first-order chi connectivity index (χ1) is 18.4. The molecule has 3 aromatic carbocycles. The largest absolute Gasteiger partial charge is 0.480 e. The maximum Gasteiger partial charge on any atom is 0.320 e. The van der Waals surface area contributed by atoms with Gasteiger partial charge in [0, 0.05) is 18.0 Å². The number of nitrogens with two attached hydrogens (primary N) is 1. The number of benzene rings is 3. The zero-order valence-corrected chi connectivity index (χ0v) is 21.8. The van der Waals surface area contributed by atoms with E-state index >= 15 is 0 Å². The van der Waals surface area contributed by atoms with Gasteiger partial charge in [0.25, 0.3) is 5.91 Å². The molecule has 0 radical (unpaired) electrons. The second-order valence-corrected chi connectivity index (χ2v) is 10.4. The van der Waals surface area contributed by atoms with Gasteiger partial charge in [0.2, 0.25) is 0 Å². The van der Waals surface area contributed by atoms with Gasteiger partial charge in [-0.15, -0.1) is 0 Å². The van der Waals surface area contributed by atoms with Gasteiger partial charge in [-0.05, 0) is 65.1 Å². The molecule has 1 amide bonds. The van der Waals surface area contributed by atoms with Crippen LogP contribution in [0.2, 0.25) is 0 Å². The molecule has 200 valence electrons. The summed E-state index contributed by atoms with van der Waals surface area (Å²) in [4.78, 5) is 24.0. The molecule has 0 bridgehead atoms. The molecular formula is C32H38N2O4. The van der Waals surface area contributed by atoms with Gasteiger partial charge in [0.05, 0.1) is 6.61 Å². The Bertz CT molecular complexity index is 1180. The van der Waals surface area contributed by atoms with Crippen molar-refractivity contribution in [1.29, 1.82) is 0 Å². The van der Waals surface area contributed by atoms with Crippen molar-refractivity contribution in [3.05, 3.63) is 95.1 Å². The van der Waals surface area contributed by atoms with E-state index in [-0.39, 0.29) is 24.9 Å². The molecule has 5 N–H and O–H groups in total. The summed E-state index contributed by atoms with van der Waals surface area (Å²) in [6.07, 6.45) is 7.57. The van der Waals surface area contributed by atoms with E-state index in [0.29, 0.717) is 18.0 Å². The number of carbonyl (C=O) groups excluding carboxylic acids is 1. The van der Waals surface area contributed by atoms with Crippen LogP contribution in [0.15, 0.2) is 72.8 Å². The smallest absolute Gasteiger partial charge is 0.320 e. The zero-order chi connectivity index (χ0) is 26.9. The lowest BCUT2D eigenvalue weighted by molar-refractivity contribution is -0.138. The topological polar surface area (TPSA) is 113 Å². The molecule has 6 nitrogen and oxygen atoms in total. The predicted octanol–water partition coefficient (Wildman–Crippen LogP) is 5.28. The molecule has 0 spiro atoms. The maximum absolute atomic E-state index is 13.0. The highest BCUT2D eigenvalue weighted by atomic mass is 16.4. The highest BCUT2D eigenvalue weighted by Gasteiger charge is 2.25. The number of rotatable bonds is 10. The molecule has 3 aromatic rings. The number of carboxylic acids is 1. The molecule has 0 aliphatic heterocycles. The Hall–Kier alpha value is -3.48. The quantitative estimate of drug-likeness (QED) is 0.275. The number of nitrogens with one attached hydrogen (secondary N) is 1. The highest BCUT2D eigenvalue weighted by molar-refractivity contribution is 5.94. The Balaban J connectivity index is 1.46. The van der Waals surface area contributed by atoms with Crippen LogP contribution in [-0.2, 0) is 17.8 Å². The lowest BCUT2D eigenvalue weighted by Crippen LogP contribution is -2.32. The molecule has 1 fully saturated rings. The summed E-state index contributed by atoms with van der Waals surface area (Å²) in [6, 6.07) is 22.7. The van der Waals surface area contributed by atoms with Crippen molar-refractivity contribution < 1.29 is 19.8 Å². The van der Waals surface area contributed by atoms with Gasteiger partial charge in [0.1, 0.15) is 6.04 Å². The van der Waals surface area contributed by atoms with E-state index in [9.17, 15) is 14.7 Å². The van der Waals surface area contributed by atoms with E-state index < -0.39 is 12.0 Å². The van der Waals surface area contributed by atoms with E-state index in [2.05, 4.69) is 29.6 Å². The highest BCUT2D eigenvalue weighted by Crippen LogP contribution is 2.36. The van der Waals surface area contributed by atoms with E-state index in [1.807, 2.05) is 24.3 Å². The Kier molecular flexibility index (Phi) is 9.68. The van der Waals surface area contributed by atoms with Crippen LogP contribution < -0.4 is 11.1 Å². The van der Waals surface area contributed by atoms with Crippen molar-refractivity contribution in [3.8, 4) is 11.1 Å². The predicted molar refractivity (Wildman–Crippen MR) is 150 cm³/mol. The van der Waals surface area contributed by atoms with Crippen LogP contribution in [0.5, 0.6) is 0 Å². The lowest BCUT2D eigenvalue weighted by Gasteiger charge is -2.27. The molecule has 0 saturated heterocycles. The van der Waals surface area contributed by atoms with Crippen molar-refractivity contribution in [2.45, 2.75) is 63.5 Å². The molecule has 0 heterocycles. The first kappa shape index (κ1) is 27.6. The van der Waals surface area contributed by atoms with Crippen LogP contribution >= 0.6 is 0 Å². The van der Waals surface area contributed by atoms with Crippen LogP contribution in [0.1, 0.15) is 71.5 Å². The van der Waals surface area contributed by atoms with Crippen LogP contribution in [-0.4, -0.2) is 34.7 Å². The first-order valence-electron chi connectivity index (χ1n) is 13.6. The fraction of sp³-hybridized carbons (Fsp3) is 0.375. The number of aliphatic hydroxyl groups is 1. The summed E-state index contributed by atoms with van der Waals surface area (Å²) in [5, 5.41) is 21.5. The van der Waals surface area contributed by atoms with E-state index in [0.717, 1.165) is 22.3 Å². The van der Waals surface area contributed by atoms with Gasteiger partial charge in [-0.2, -0.15) is 0 Å². The van der Waals surface area contributed by atoms with Crippen molar-refractivity contribution in [1.82, 2.24) is 5.32 Å². The fourth-order valence-corrected chi connectivity index (χ4v) is 5.43.